The third kappa shape index (κ3) is 3.27. The summed E-state index contributed by atoms with van der Waals surface area (Å²) in [5.74, 6) is 0.0656. The Kier molecular flexibility index (Phi) is 4.33. The molecule has 0 saturated carbocycles. The van der Waals surface area contributed by atoms with Crippen LogP contribution >= 0.6 is 11.3 Å². The van der Waals surface area contributed by atoms with Gasteiger partial charge in [0.25, 0.3) is 11.9 Å². The van der Waals surface area contributed by atoms with Crippen molar-refractivity contribution in [2.75, 3.05) is 5.32 Å². The molecule has 6 heteroatoms. The Morgan fingerprint density at radius 3 is 2.46 bits per heavy atom. The van der Waals surface area contributed by atoms with Crippen molar-refractivity contribution in [2.45, 2.75) is 6.92 Å². The summed E-state index contributed by atoms with van der Waals surface area (Å²) < 4.78 is 1.73. The van der Waals surface area contributed by atoms with Gasteiger partial charge in [0.1, 0.15) is 0 Å². The predicted molar refractivity (Wildman–Crippen MR) is 105 cm³/mol. The molecule has 2 aromatic heterocycles. The van der Waals surface area contributed by atoms with Gasteiger partial charge >= 0.3 is 0 Å². The summed E-state index contributed by atoms with van der Waals surface area (Å²) in [6.07, 6.45) is 1.87. The van der Waals surface area contributed by atoms with E-state index >= 15 is 0 Å². The lowest BCUT2D eigenvalue weighted by atomic mass is 10.0. The smallest absolute Gasteiger partial charge is 0.258 e. The molecule has 4 rings (SSSR count). The molecule has 0 spiro atoms. The van der Waals surface area contributed by atoms with E-state index in [9.17, 15) is 4.79 Å². The van der Waals surface area contributed by atoms with Crippen molar-refractivity contribution in [1.82, 2.24) is 14.6 Å². The Labute approximate surface area is 154 Å². The summed E-state index contributed by atoms with van der Waals surface area (Å²) in [7, 11) is 0. The summed E-state index contributed by atoms with van der Waals surface area (Å²) in [6, 6.07) is 19.3. The predicted octanol–water partition coefficient (Wildman–Crippen LogP) is 4.28. The number of rotatable bonds is 4. The van der Waals surface area contributed by atoms with Crippen LogP contribution in [-0.2, 0) is 4.79 Å². The van der Waals surface area contributed by atoms with Crippen molar-refractivity contribution < 1.29 is 4.79 Å². The number of nitrogens with one attached hydrogen (secondary N) is 1. The maximum atomic E-state index is 12.9. The van der Waals surface area contributed by atoms with Gasteiger partial charge in [0.05, 0.1) is 5.69 Å². The number of aromatic nitrogens is 3. The van der Waals surface area contributed by atoms with Crippen LogP contribution in [-0.4, -0.2) is 20.5 Å². The largest absolute Gasteiger partial charge is 0.289 e. The topological polar surface area (TPSA) is 59.3 Å². The molecule has 26 heavy (non-hydrogen) atoms. The van der Waals surface area contributed by atoms with Crippen LogP contribution in [0.3, 0.4) is 0 Å². The first-order chi connectivity index (χ1) is 12.7. The van der Waals surface area contributed by atoms with Gasteiger partial charge in [-0.25, -0.2) is 4.52 Å². The Morgan fingerprint density at radius 1 is 1.08 bits per heavy atom. The Balaban J connectivity index is 1.68. The SMILES string of the molecule is Cc1csc2nc(NC(=O)/C(=C\c3ccccc3)c3ccccc3)nn12. The number of anilines is 1. The first kappa shape index (κ1) is 16.2. The summed E-state index contributed by atoms with van der Waals surface area (Å²) >= 11 is 1.49. The summed E-state index contributed by atoms with van der Waals surface area (Å²) in [4.78, 5) is 18.1. The number of thiazole rings is 1. The number of hydrogen-bond donors (Lipinski definition) is 1. The highest BCUT2D eigenvalue weighted by molar-refractivity contribution is 7.15. The van der Waals surface area contributed by atoms with Crippen molar-refractivity contribution in [1.29, 1.82) is 0 Å². The number of carbonyl (C=O) groups is 1. The van der Waals surface area contributed by atoms with E-state index in [1.54, 1.807) is 4.52 Å². The van der Waals surface area contributed by atoms with Crippen LogP contribution in [0.2, 0.25) is 0 Å². The molecule has 128 valence electrons. The van der Waals surface area contributed by atoms with Gasteiger partial charge < -0.3 is 0 Å². The molecule has 0 radical (unpaired) electrons. The highest BCUT2D eigenvalue weighted by atomic mass is 32.1. The lowest BCUT2D eigenvalue weighted by molar-refractivity contribution is -0.111. The number of fused-ring (bicyclic) bond motifs is 1. The lowest BCUT2D eigenvalue weighted by Gasteiger charge is -2.07. The molecule has 0 unspecified atom stereocenters. The van der Waals surface area contributed by atoms with Crippen molar-refractivity contribution in [3.63, 3.8) is 0 Å². The highest BCUT2D eigenvalue weighted by Crippen LogP contribution is 2.21. The quantitative estimate of drug-likeness (QED) is 0.436. The van der Waals surface area contributed by atoms with Gasteiger partial charge in [0.2, 0.25) is 4.96 Å². The summed E-state index contributed by atoms with van der Waals surface area (Å²) in [5, 5.41) is 9.15. The molecule has 0 aliphatic carbocycles. The molecule has 2 heterocycles. The second-order valence-corrected chi connectivity index (χ2v) is 6.63. The molecule has 5 nitrogen and oxygen atoms in total. The second-order valence-electron chi connectivity index (χ2n) is 5.80. The fourth-order valence-electron chi connectivity index (χ4n) is 2.63. The zero-order valence-electron chi connectivity index (χ0n) is 14.1. The van der Waals surface area contributed by atoms with Gasteiger partial charge in [-0.3, -0.25) is 10.1 Å². The Hall–Kier alpha value is -3.25. The minimum Gasteiger partial charge on any atom is -0.289 e. The highest BCUT2D eigenvalue weighted by Gasteiger charge is 2.15. The molecule has 0 saturated heterocycles. The van der Waals surface area contributed by atoms with E-state index in [0.717, 1.165) is 21.8 Å². The average Bonchev–Trinajstić information content (AvgIpc) is 3.22. The number of carbonyl (C=O) groups excluding carboxylic acids is 1. The Bertz CT molecular complexity index is 1080. The average molecular weight is 360 g/mol. The standard InChI is InChI=1S/C20H16N4OS/c1-14-13-26-20-22-19(23-24(14)20)21-18(25)17(16-10-6-3-7-11-16)12-15-8-4-2-5-9-15/h2-13H,1H3,(H,21,23,25)/b17-12-. The van der Waals surface area contributed by atoms with Crippen LogP contribution in [0.15, 0.2) is 66.0 Å². The third-order valence-electron chi connectivity index (χ3n) is 3.91. The third-order valence-corrected chi connectivity index (χ3v) is 4.85. The molecule has 0 atom stereocenters. The van der Waals surface area contributed by atoms with Crippen LogP contribution in [0.5, 0.6) is 0 Å². The molecular weight excluding hydrogens is 344 g/mol. The molecular formula is C20H16N4OS. The number of hydrogen-bond acceptors (Lipinski definition) is 4. The van der Waals surface area contributed by atoms with Crippen molar-refractivity contribution >= 4 is 39.8 Å². The molecule has 4 aromatic rings. The first-order valence-electron chi connectivity index (χ1n) is 8.15. The van der Waals surface area contributed by atoms with E-state index in [2.05, 4.69) is 15.4 Å². The molecule has 1 amide bonds. The monoisotopic (exact) mass is 360 g/mol. The van der Waals surface area contributed by atoms with Crippen molar-refractivity contribution in [2.24, 2.45) is 0 Å². The zero-order valence-corrected chi connectivity index (χ0v) is 14.9. The second kappa shape index (κ2) is 6.93. The number of nitrogens with zero attached hydrogens (tertiary/aromatic N) is 3. The maximum Gasteiger partial charge on any atom is 0.258 e. The van der Waals surface area contributed by atoms with E-state index in [0.29, 0.717) is 11.5 Å². The van der Waals surface area contributed by atoms with Crippen molar-refractivity contribution in [3.05, 3.63) is 82.9 Å². The Morgan fingerprint density at radius 2 is 1.77 bits per heavy atom. The van der Waals surface area contributed by atoms with Crippen LogP contribution in [0.4, 0.5) is 5.95 Å². The number of aryl methyl sites for hydroxylation is 1. The maximum absolute atomic E-state index is 12.9. The molecule has 1 N–H and O–H groups in total. The number of benzene rings is 2. The van der Waals surface area contributed by atoms with Crippen molar-refractivity contribution in [3.8, 4) is 0 Å². The molecule has 0 aliphatic rings. The molecule has 0 aliphatic heterocycles. The summed E-state index contributed by atoms with van der Waals surface area (Å²) in [5.41, 5.74) is 3.34. The van der Waals surface area contributed by atoms with Gasteiger partial charge in [-0.1, -0.05) is 60.7 Å². The van der Waals surface area contributed by atoms with Gasteiger partial charge in [-0.05, 0) is 24.1 Å². The molecule has 2 aromatic carbocycles. The fourth-order valence-corrected chi connectivity index (χ4v) is 3.43. The summed E-state index contributed by atoms with van der Waals surface area (Å²) in [6.45, 7) is 1.95. The van der Waals surface area contributed by atoms with Crippen LogP contribution in [0, 0.1) is 6.92 Å². The van der Waals surface area contributed by atoms with Gasteiger partial charge in [-0.15, -0.1) is 16.4 Å². The zero-order chi connectivity index (χ0) is 17.9. The fraction of sp³-hybridized carbons (Fsp3) is 0.0500. The van der Waals surface area contributed by atoms with Gasteiger partial charge in [0.15, 0.2) is 0 Å². The van der Waals surface area contributed by atoms with E-state index < -0.39 is 0 Å². The molecule has 0 fully saturated rings. The van der Waals surface area contributed by atoms with Gasteiger partial charge in [-0.2, -0.15) is 4.98 Å². The minimum atomic E-state index is -0.240. The van der Waals surface area contributed by atoms with Crippen LogP contribution in [0.1, 0.15) is 16.8 Å². The van der Waals surface area contributed by atoms with Gasteiger partial charge in [0, 0.05) is 11.0 Å². The van der Waals surface area contributed by atoms with E-state index in [-0.39, 0.29) is 5.91 Å². The van der Waals surface area contributed by atoms with E-state index in [1.165, 1.54) is 11.3 Å². The van der Waals surface area contributed by atoms with E-state index in [1.807, 2.05) is 79.0 Å². The number of amides is 1. The molecule has 0 bridgehead atoms. The minimum absolute atomic E-state index is 0.240. The first-order valence-corrected chi connectivity index (χ1v) is 9.03. The van der Waals surface area contributed by atoms with Crippen LogP contribution < -0.4 is 5.32 Å². The lowest BCUT2D eigenvalue weighted by Crippen LogP contribution is -2.15. The normalized spacial score (nSPS) is 11.7. The van der Waals surface area contributed by atoms with E-state index in [4.69, 9.17) is 0 Å². The van der Waals surface area contributed by atoms with Crippen LogP contribution in [0.25, 0.3) is 16.6 Å².